The molecule has 3 saturated carbocycles. The molecule has 0 aromatic carbocycles. The van der Waals surface area contributed by atoms with Gasteiger partial charge >= 0.3 is 5.97 Å². The molecule has 1 aromatic heterocycles. The molecule has 278 valence electrons. The number of rotatable bonds is 8. The van der Waals surface area contributed by atoms with Crippen molar-refractivity contribution in [3.63, 3.8) is 0 Å². The molecule has 11 nitrogen and oxygen atoms in total. The average molecular weight is 696 g/mol. The lowest BCUT2D eigenvalue weighted by Gasteiger charge is -2.71. The van der Waals surface area contributed by atoms with Crippen molar-refractivity contribution in [2.75, 3.05) is 33.0 Å². The zero-order valence-electron chi connectivity index (χ0n) is 31.4. The molecule has 1 amide bonds. The van der Waals surface area contributed by atoms with Crippen LogP contribution in [0.4, 0.5) is 0 Å². The summed E-state index contributed by atoms with van der Waals surface area (Å²) in [5, 5.41) is 15.7. The van der Waals surface area contributed by atoms with Crippen molar-refractivity contribution in [1.82, 2.24) is 14.8 Å². The number of allylic oxidation sites excluding steroid dienone is 1. The molecule has 4 aliphatic carbocycles. The second kappa shape index (κ2) is 12.1. The second-order valence-corrected chi connectivity index (χ2v) is 18.7. The number of carbonyl (C=O) groups excluding carboxylic acids is 1. The van der Waals surface area contributed by atoms with Crippen LogP contribution in [-0.4, -0.2) is 76.4 Å². The molecule has 2 aliphatic heterocycles. The predicted molar refractivity (Wildman–Crippen MR) is 188 cm³/mol. The normalized spacial score (nSPS) is 44.3. The van der Waals surface area contributed by atoms with E-state index in [9.17, 15) is 14.7 Å². The summed E-state index contributed by atoms with van der Waals surface area (Å²) in [5.41, 5.74) is 12.1. The van der Waals surface area contributed by atoms with Gasteiger partial charge in [-0.3, -0.25) is 9.59 Å². The molecule has 3 heterocycles. The minimum Gasteiger partial charge on any atom is -0.481 e. The van der Waals surface area contributed by atoms with E-state index < -0.39 is 34.2 Å². The second-order valence-electron chi connectivity index (χ2n) is 18.7. The number of carboxylic acid groups (broad SMARTS) is 1. The number of hydrogen-bond acceptors (Lipinski definition) is 8. The number of ether oxygens (including phenoxy) is 3. The number of nitrogens with zero attached hydrogens (tertiary/aromatic N) is 3. The molecule has 2 bridgehead atoms. The van der Waals surface area contributed by atoms with Gasteiger partial charge in [-0.05, 0) is 91.3 Å². The number of carboxylic acids is 1. The van der Waals surface area contributed by atoms with E-state index in [0.717, 1.165) is 44.9 Å². The van der Waals surface area contributed by atoms with Crippen molar-refractivity contribution in [3.8, 4) is 0 Å². The van der Waals surface area contributed by atoms with Crippen LogP contribution in [0.2, 0.25) is 0 Å². The van der Waals surface area contributed by atoms with Gasteiger partial charge < -0.3 is 30.8 Å². The van der Waals surface area contributed by atoms with E-state index in [4.69, 9.17) is 25.7 Å². The highest BCUT2D eigenvalue weighted by Gasteiger charge is 2.72. The van der Waals surface area contributed by atoms with Gasteiger partial charge in [0.2, 0.25) is 5.82 Å². The number of primary amides is 1. The molecule has 0 radical (unpaired) electrons. The van der Waals surface area contributed by atoms with Crippen molar-refractivity contribution in [2.24, 2.45) is 68.1 Å². The number of aromatic nitrogens is 3. The molecular weight excluding hydrogens is 634 g/mol. The lowest BCUT2D eigenvalue weighted by Crippen LogP contribution is -2.69. The fourth-order valence-electron chi connectivity index (χ4n) is 13.0. The van der Waals surface area contributed by atoms with Gasteiger partial charge in [0.25, 0.3) is 5.91 Å². The minimum atomic E-state index is -0.657. The van der Waals surface area contributed by atoms with Crippen molar-refractivity contribution < 1.29 is 28.9 Å². The monoisotopic (exact) mass is 695 g/mol. The molecule has 1 aromatic rings. The van der Waals surface area contributed by atoms with Gasteiger partial charge in [0.05, 0.1) is 37.9 Å². The number of amides is 1. The van der Waals surface area contributed by atoms with Crippen molar-refractivity contribution in [2.45, 2.75) is 118 Å². The topological polar surface area (TPSA) is 165 Å². The summed E-state index contributed by atoms with van der Waals surface area (Å²) in [7, 11) is 0. The minimum absolute atomic E-state index is 0.134. The van der Waals surface area contributed by atoms with E-state index in [2.05, 4.69) is 64.6 Å². The van der Waals surface area contributed by atoms with E-state index >= 15 is 0 Å². The highest BCUT2D eigenvalue weighted by molar-refractivity contribution is 5.89. The Hall–Kier alpha value is -2.34. The molecular formula is C39H61N5O6. The Labute approximate surface area is 297 Å². The van der Waals surface area contributed by atoms with E-state index in [0.29, 0.717) is 45.4 Å². The molecule has 5 N–H and O–H groups in total. The van der Waals surface area contributed by atoms with Crippen LogP contribution in [-0.2, 0) is 19.0 Å². The van der Waals surface area contributed by atoms with Gasteiger partial charge in [0.1, 0.15) is 6.33 Å². The van der Waals surface area contributed by atoms with Gasteiger partial charge in [0, 0.05) is 29.6 Å². The maximum atomic E-state index is 13.5. The Morgan fingerprint density at radius 1 is 1.04 bits per heavy atom. The third-order valence-electron chi connectivity index (χ3n) is 16.2. The molecule has 2 saturated heterocycles. The maximum Gasteiger partial charge on any atom is 0.307 e. The number of carbonyl (C=O) groups is 2. The van der Waals surface area contributed by atoms with E-state index in [1.807, 2.05) is 0 Å². The van der Waals surface area contributed by atoms with E-state index in [-0.39, 0.29) is 52.0 Å². The van der Waals surface area contributed by atoms with Crippen LogP contribution in [0.3, 0.4) is 0 Å². The molecule has 11 atom stereocenters. The van der Waals surface area contributed by atoms with Crippen LogP contribution >= 0.6 is 0 Å². The molecule has 11 heteroatoms. The van der Waals surface area contributed by atoms with Gasteiger partial charge in [-0.2, -0.15) is 5.10 Å². The van der Waals surface area contributed by atoms with Crippen molar-refractivity contribution >= 4 is 11.9 Å². The highest BCUT2D eigenvalue weighted by atomic mass is 16.5. The molecule has 6 aliphatic rings. The first-order valence-corrected chi connectivity index (χ1v) is 19.2. The highest BCUT2D eigenvalue weighted by Crippen LogP contribution is 2.75. The zero-order chi connectivity index (χ0) is 36.1. The summed E-state index contributed by atoms with van der Waals surface area (Å²) in [6.07, 6.45) is 10.3. The summed E-state index contributed by atoms with van der Waals surface area (Å²) in [6.45, 7) is 18.7. The number of aliphatic carboxylic acids is 1. The lowest BCUT2D eigenvalue weighted by molar-refractivity contribution is -0.253. The Kier molecular flexibility index (Phi) is 8.72. The number of nitrogens with two attached hydrogens (primary N) is 2. The smallest absolute Gasteiger partial charge is 0.307 e. The van der Waals surface area contributed by atoms with Gasteiger partial charge in [-0.15, -0.1) is 0 Å². The molecule has 1 unspecified atom stereocenters. The van der Waals surface area contributed by atoms with E-state index in [1.165, 1.54) is 11.9 Å². The standard InChI is InChI=1S/C39H61N5O6/c1-23(2)24(3)34(4)12-13-36(6)25-8-9-28-35(5)19-49-21-39(28,26(25)10-11-37(36,7)29(34)33(46)47)18-27(44-32(31(40)45)42-22-43-44)30(35)50-20-38(41)14-16-48-17-15-38/h10,22-25,27-30H,8-9,11-21,41H2,1-7H3,(H2,40,45)(H,46,47)/t24-,25+,27-,28+,29-,30+,34-,35+,36-,37+,39?/m1/s1. The van der Waals surface area contributed by atoms with Crippen molar-refractivity contribution in [3.05, 3.63) is 23.8 Å². The summed E-state index contributed by atoms with van der Waals surface area (Å²) < 4.78 is 21.0. The first kappa shape index (κ1) is 36.0. The Bertz CT molecular complexity index is 1540. The van der Waals surface area contributed by atoms with Gasteiger partial charge in [-0.25, -0.2) is 9.67 Å². The molecule has 0 spiro atoms. The molecule has 7 rings (SSSR count). The summed E-state index contributed by atoms with van der Waals surface area (Å²) in [5.74, 6) is -0.417. The Morgan fingerprint density at radius 2 is 1.76 bits per heavy atom. The number of hydrogen-bond donors (Lipinski definition) is 3. The third kappa shape index (κ3) is 4.95. The van der Waals surface area contributed by atoms with Gasteiger partial charge in [-0.1, -0.05) is 60.1 Å². The Balaban J connectivity index is 1.32. The van der Waals surface area contributed by atoms with Gasteiger partial charge in [0.15, 0.2) is 0 Å². The van der Waals surface area contributed by atoms with Crippen molar-refractivity contribution in [1.29, 1.82) is 0 Å². The van der Waals surface area contributed by atoms with Crippen LogP contribution in [0.15, 0.2) is 18.0 Å². The fourth-order valence-corrected chi connectivity index (χ4v) is 13.0. The predicted octanol–water partition coefficient (Wildman–Crippen LogP) is 5.40. The largest absolute Gasteiger partial charge is 0.481 e. The quantitative estimate of drug-likeness (QED) is 0.302. The molecule has 5 fully saturated rings. The summed E-state index contributed by atoms with van der Waals surface area (Å²) in [6, 6.07) is -0.317. The number of fused-ring (bicyclic) bond motifs is 3. The van der Waals surface area contributed by atoms with Crippen LogP contribution < -0.4 is 11.5 Å². The van der Waals surface area contributed by atoms with Crippen LogP contribution in [0, 0.1) is 56.7 Å². The van der Waals surface area contributed by atoms with Crippen LogP contribution in [0.25, 0.3) is 0 Å². The molecule has 50 heavy (non-hydrogen) atoms. The first-order valence-electron chi connectivity index (χ1n) is 19.2. The van der Waals surface area contributed by atoms with E-state index in [1.54, 1.807) is 4.68 Å². The summed E-state index contributed by atoms with van der Waals surface area (Å²) in [4.78, 5) is 30.5. The van der Waals surface area contributed by atoms with Crippen LogP contribution in [0.1, 0.15) is 116 Å². The average Bonchev–Trinajstić information content (AvgIpc) is 3.55. The zero-order valence-corrected chi connectivity index (χ0v) is 31.4. The summed E-state index contributed by atoms with van der Waals surface area (Å²) >= 11 is 0. The maximum absolute atomic E-state index is 13.5. The Morgan fingerprint density at radius 3 is 2.42 bits per heavy atom. The first-order chi connectivity index (χ1) is 23.5. The van der Waals surface area contributed by atoms with Crippen LogP contribution in [0.5, 0.6) is 0 Å². The third-order valence-corrected chi connectivity index (χ3v) is 16.2. The lowest BCUT2D eigenvalue weighted by atomic mass is 9.34. The SMILES string of the molecule is CC(C)[C@@H](C)[C@@]1(C)CC[C@]2(C)[C@H]3CC[C@@H]4C5(COC[C@]4(C)[C@@H](OCC4(N)CCOCC4)[C@H](n4ncnc4C(N)=O)C5)C3=CC[C@@]2(C)[C@@H]1C(=O)O. The fraction of sp³-hybridized carbons (Fsp3) is 0.846.